The molecule has 7 heteroatoms. The van der Waals surface area contributed by atoms with E-state index in [9.17, 15) is 18.3 Å². The van der Waals surface area contributed by atoms with Crippen LogP contribution in [0.4, 0.5) is 13.2 Å². The van der Waals surface area contributed by atoms with Crippen molar-refractivity contribution < 1.29 is 22.8 Å². The highest BCUT2D eigenvalue weighted by Gasteiger charge is 2.44. The number of aromatic nitrogens is 2. The summed E-state index contributed by atoms with van der Waals surface area (Å²) in [6, 6.07) is 9.59. The maximum absolute atomic E-state index is 12.4. The molecule has 0 bridgehead atoms. The van der Waals surface area contributed by atoms with Crippen LogP contribution in [0.25, 0.3) is 0 Å². The van der Waals surface area contributed by atoms with Gasteiger partial charge in [0.15, 0.2) is 11.9 Å². The first-order valence-electron chi connectivity index (χ1n) is 6.49. The van der Waals surface area contributed by atoms with Crippen LogP contribution in [-0.4, -0.2) is 27.5 Å². The zero-order valence-electron chi connectivity index (χ0n) is 11.3. The van der Waals surface area contributed by atoms with Crippen molar-refractivity contribution in [2.45, 2.75) is 38.0 Å². The van der Waals surface area contributed by atoms with E-state index in [0.29, 0.717) is 18.7 Å². The van der Waals surface area contributed by atoms with Crippen molar-refractivity contribution in [2.75, 3.05) is 0 Å². The van der Waals surface area contributed by atoms with Gasteiger partial charge in [-0.3, -0.25) is 0 Å². The standard InChI is InChI=1S/C14H15F3N2O2/c1-9(12(20)14(15,16)17)13-18-11(19-21-13)8-7-10-5-3-2-4-6-10/h2-6,9,12,20H,7-8H2,1H3. The lowest BCUT2D eigenvalue weighted by Gasteiger charge is -2.17. The molecule has 0 spiro atoms. The molecule has 1 N–H and O–H groups in total. The smallest absolute Gasteiger partial charge is 0.383 e. The van der Waals surface area contributed by atoms with Crippen LogP contribution in [0.15, 0.2) is 34.9 Å². The van der Waals surface area contributed by atoms with Gasteiger partial charge in [0.1, 0.15) is 0 Å². The average Bonchev–Trinajstić information content (AvgIpc) is 2.92. The molecule has 0 aliphatic heterocycles. The van der Waals surface area contributed by atoms with Crippen molar-refractivity contribution in [3.8, 4) is 0 Å². The number of nitrogens with zero attached hydrogens (tertiary/aromatic N) is 2. The minimum absolute atomic E-state index is 0.206. The van der Waals surface area contributed by atoms with Crippen LogP contribution in [0.2, 0.25) is 0 Å². The first kappa shape index (κ1) is 15.5. The van der Waals surface area contributed by atoms with Crippen molar-refractivity contribution in [3.05, 3.63) is 47.6 Å². The molecule has 0 radical (unpaired) electrons. The van der Waals surface area contributed by atoms with E-state index < -0.39 is 18.2 Å². The Morgan fingerprint density at radius 3 is 2.48 bits per heavy atom. The Morgan fingerprint density at radius 2 is 1.86 bits per heavy atom. The minimum atomic E-state index is -4.71. The van der Waals surface area contributed by atoms with Gasteiger partial charge in [0.25, 0.3) is 0 Å². The second kappa shape index (κ2) is 6.26. The van der Waals surface area contributed by atoms with E-state index in [1.54, 1.807) is 0 Å². The van der Waals surface area contributed by atoms with E-state index >= 15 is 0 Å². The quantitative estimate of drug-likeness (QED) is 0.922. The predicted molar refractivity (Wildman–Crippen MR) is 68.6 cm³/mol. The molecule has 0 aliphatic rings. The molecule has 21 heavy (non-hydrogen) atoms. The molecule has 0 fully saturated rings. The molecule has 1 heterocycles. The molecule has 1 aromatic carbocycles. The van der Waals surface area contributed by atoms with Crippen LogP contribution in [0.5, 0.6) is 0 Å². The number of hydrogen-bond donors (Lipinski definition) is 1. The van der Waals surface area contributed by atoms with Crippen LogP contribution in [-0.2, 0) is 12.8 Å². The fourth-order valence-electron chi connectivity index (χ4n) is 1.87. The number of halogens is 3. The Kier molecular flexibility index (Phi) is 4.62. The number of aliphatic hydroxyl groups excluding tert-OH is 1. The number of alkyl halides is 3. The van der Waals surface area contributed by atoms with E-state index in [1.807, 2.05) is 30.3 Å². The maximum atomic E-state index is 12.4. The van der Waals surface area contributed by atoms with Gasteiger partial charge < -0.3 is 9.63 Å². The van der Waals surface area contributed by atoms with Gasteiger partial charge in [-0.1, -0.05) is 42.4 Å². The van der Waals surface area contributed by atoms with Gasteiger partial charge in [-0.2, -0.15) is 18.2 Å². The minimum Gasteiger partial charge on any atom is -0.383 e. The summed E-state index contributed by atoms with van der Waals surface area (Å²) in [6.07, 6.45) is -6.10. The molecule has 0 saturated carbocycles. The van der Waals surface area contributed by atoms with Crippen LogP contribution >= 0.6 is 0 Å². The summed E-state index contributed by atoms with van der Waals surface area (Å²) in [7, 11) is 0. The number of benzene rings is 1. The Morgan fingerprint density at radius 1 is 1.19 bits per heavy atom. The van der Waals surface area contributed by atoms with Crippen LogP contribution in [0.1, 0.15) is 30.1 Å². The van der Waals surface area contributed by atoms with Gasteiger partial charge in [-0.25, -0.2) is 0 Å². The number of aryl methyl sites for hydroxylation is 2. The van der Waals surface area contributed by atoms with Crippen molar-refractivity contribution in [3.63, 3.8) is 0 Å². The summed E-state index contributed by atoms with van der Waals surface area (Å²) in [5, 5.41) is 12.8. The molecule has 2 rings (SSSR count). The van der Waals surface area contributed by atoms with Gasteiger partial charge in [-0.05, 0) is 12.0 Å². The van der Waals surface area contributed by atoms with E-state index in [2.05, 4.69) is 10.1 Å². The first-order chi connectivity index (χ1) is 9.88. The van der Waals surface area contributed by atoms with E-state index in [4.69, 9.17) is 4.52 Å². The lowest BCUT2D eigenvalue weighted by atomic mass is 10.0. The van der Waals surface area contributed by atoms with Crippen LogP contribution in [0.3, 0.4) is 0 Å². The third-order valence-corrected chi connectivity index (χ3v) is 3.16. The largest absolute Gasteiger partial charge is 0.415 e. The van der Waals surface area contributed by atoms with Gasteiger partial charge in [0.05, 0.1) is 5.92 Å². The number of rotatable bonds is 5. The zero-order chi connectivity index (χ0) is 15.5. The fourth-order valence-corrected chi connectivity index (χ4v) is 1.87. The fraction of sp³-hybridized carbons (Fsp3) is 0.429. The van der Waals surface area contributed by atoms with Gasteiger partial charge in [-0.15, -0.1) is 0 Å². The molecule has 2 atom stereocenters. The Balaban J connectivity index is 1.98. The highest BCUT2D eigenvalue weighted by molar-refractivity contribution is 5.15. The first-order valence-corrected chi connectivity index (χ1v) is 6.49. The molecule has 0 aliphatic carbocycles. The van der Waals surface area contributed by atoms with Crippen LogP contribution < -0.4 is 0 Å². The lowest BCUT2D eigenvalue weighted by molar-refractivity contribution is -0.210. The van der Waals surface area contributed by atoms with E-state index in [1.165, 1.54) is 6.92 Å². The van der Waals surface area contributed by atoms with E-state index in [-0.39, 0.29) is 5.89 Å². The van der Waals surface area contributed by atoms with Gasteiger partial charge in [0.2, 0.25) is 5.89 Å². The number of aliphatic hydroxyl groups is 1. The molecule has 2 unspecified atom stereocenters. The summed E-state index contributed by atoms with van der Waals surface area (Å²) in [4.78, 5) is 3.92. The maximum Gasteiger partial charge on any atom is 0.415 e. The molecule has 1 aromatic heterocycles. The molecule has 2 aromatic rings. The van der Waals surface area contributed by atoms with Crippen molar-refractivity contribution in [1.29, 1.82) is 0 Å². The third-order valence-electron chi connectivity index (χ3n) is 3.16. The Labute approximate surface area is 119 Å². The molecule has 4 nitrogen and oxygen atoms in total. The second-order valence-corrected chi connectivity index (χ2v) is 4.81. The van der Waals surface area contributed by atoms with Gasteiger partial charge in [0, 0.05) is 6.42 Å². The topological polar surface area (TPSA) is 59.2 Å². The van der Waals surface area contributed by atoms with E-state index in [0.717, 1.165) is 5.56 Å². The molecule has 0 saturated heterocycles. The summed E-state index contributed by atoms with van der Waals surface area (Å²) < 4.78 is 42.1. The highest BCUT2D eigenvalue weighted by Crippen LogP contribution is 2.30. The highest BCUT2D eigenvalue weighted by atomic mass is 19.4. The molecular weight excluding hydrogens is 285 g/mol. The summed E-state index contributed by atoms with van der Waals surface area (Å²) in [5.41, 5.74) is 1.08. The van der Waals surface area contributed by atoms with Crippen LogP contribution in [0, 0.1) is 0 Å². The van der Waals surface area contributed by atoms with Crippen molar-refractivity contribution >= 4 is 0 Å². The molecular formula is C14H15F3N2O2. The Hall–Kier alpha value is -1.89. The summed E-state index contributed by atoms with van der Waals surface area (Å²) in [5.74, 6) is -1.17. The molecule has 114 valence electrons. The normalized spacial score (nSPS) is 14.9. The molecule has 0 amide bonds. The SMILES string of the molecule is CC(c1nc(CCc2ccccc2)no1)C(O)C(F)(F)F. The monoisotopic (exact) mass is 300 g/mol. The average molecular weight is 300 g/mol. The lowest BCUT2D eigenvalue weighted by Crippen LogP contribution is -2.33. The Bertz CT molecular complexity index is 569. The zero-order valence-corrected chi connectivity index (χ0v) is 11.3. The third kappa shape index (κ3) is 4.04. The predicted octanol–water partition coefficient (Wildman–Crippen LogP) is 2.88. The summed E-state index contributed by atoms with van der Waals surface area (Å²) >= 11 is 0. The summed E-state index contributed by atoms with van der Waals surface area (Å²) in [6.45, 7) is 1.20. The van der Waals surface area contributed by atoms with Crippen molar-refractivity contribution in [1.82, 2.24) is 10.1 Å². The number of hydrogen-bond acceptors (Lipinski definition) is 4. The van der Waals surface area contributed by atoms with Gasteiger partial charge >= 0.3 is 6.18 Å². The van der Waals surface area contributed by atoms with Crippen molar-refractivity contribution in [2.24, 2.45) is 0 Å². The second-order valence-electron chi connectivity index (χ2n) is 4.81.